The molecule has 116 valence electrons. The third-order valence-electron chi connectivity index (χ3n) is 5.30. The first kappa shape index (κ1) is 14.9. The van der Waals surface area contributed by atoms with Gasteiger partial charge in [-0.3, -0.25) is 0 Å². The van der Waals surface area contributed by atoms with E-state index in [0.29, 0.717) is 5.92 Å². The highest BCUT2D eigenvalue weighted by Gasteiger charge is 2.41. The lowest BCUT2D eigenvalue weighted by molar-refractivity contribution is -0.0964. The van der Waals surface area contributed by atoms with Crippen LogP contribution < -0.4 is 10.5 Å². The molecule has 1 aromatic carbocycles. The standard InChI is InChI=1S/C18H27NO2/c1-13-5-6-16(20-2)15(11-13)17(19)14-7-10-21-18(12-14)8-3-4-9-18/h5-6,11,14,17H,3-4,7-10,12,19H2,1-2H3. The first-order valence-corrected chi connectivity index (χ1v) is 8.18. The van der Waals surface area contributed by atoms with Gasteiger partial charge in [-0.2, -0.15) is 0 Å². The molecule has 1 saturated carbocycles. The molecule has 1 aliphatic carbocycles. The molecule has 2 N–H and O–H groups in total. The van der Waals surface area contributed by atoms with Crippen molar-refractivity contribution in [3.05, 3.63) is 29.3 Å². The van der Waals surface area contributed by atoms with Crippen molar-refractivity contribution < 1.29 is 9.47 Å². The molecule has 1 saturated heterocycles. The Morgan fingerprint density at radius 1 is 1.33 bits per heavy atom. The van der Waals surface area contributed by atoms with Gasteiger partial charge in [-0.25, -0.2) is 0 Å². The Kier molecular flexibility index (Phi) is 4.23. The van der Waals surface area contributed by atoms with Crippen LogP contribution in [-0.4, -0.2) is 19.3 Å². The van der Waals surface area contributed by atoms with Crippen molar-refractivity contribution in [2.75, 3.05) is 13.7 Å². The third-order valence-corrected chi connectivity index (χ3v) is 5.30. The van der Waals surface area contributed by atoms with Crippen molar-refractivity contribution in [1.82, 2.24) is 0 Å². The van der Waals surface area contributed by atoms with Crippen molar-refractivity contribution in [1.29, 1.82) is 0 Å². The molecule has 0 bridgehead atoms. The second-order valence-electron chi connectivity index (χ2n) is 6.76. The zero-order chi connectivity index (χ0) is 14.9. The van der Waals surface area contributed by atoms with Gasteiger partial charge < -0.3 is 15.2 Å². The highest BCUT2D eigenvalue weighted by Crippen LogP contribution is 2.45. The fraction of sp³-hybridized carbons (Fsp3) is 0.667. The predicted octanol–water partition coefficient (Wildman–Crippen LogP) is 3.74. The van der Waals surface area contributed by atoms with E-state index < -0.39 is 0 Å². The average molecular weight is 289 g/mol. The number of methoxy groups -OCH3 is 1. The van der Waals surface area contributed by atoms with E-state index in [1.165, 1.54) is 31.2 Å². The van der Waals surface area contributed by atoms with Crippen LogP contribution in [0.1, 0.15) is 55.7 Å². The minimum atomic E-state index is 0.0428. The Morgan fingerprint density at radius 3 is 2.81 bits per heavy atom. The van der Waals surface area contributed by atoms with Gasteiger partial charge in [0.1, 0.15) is 5.75 Å². The summed E-state index contributed by atoms with van der Waals surface area (Å²) in [6.45, 7) is 2.96. The summed E-state index contributed by atoms with van der Waals surface area (Å²) in [6.07, 6.45) is 7.18. The summed E-state index contributed by atoms with van der Waals surface area (Å²) >= 11 is 0. The van der Waals surface area contributed by atoms with Gasteiger partial charge >= 0.3 is 0 Å². The lowest BCUT2D eigenvalue weighted by Gasteiger charge is -2.40. The molecule has 21 heavy (non-hydrogen) atoms. The van der Waals surface area contributed by atoms with Gasteiger partial charge in [-0.05, 0) is 44.6 Å². The highest BCUT2D eigenvalue weighted by molar-refractivity contribution is 5.39. The number of aryl methyl sites for hydroxylation is 1. The van der Waals surface area contributed by atoms with Crippen molar-refractivity contribution in [3.8, 4) is 5.75 Å². The van der Waals surface area contributed by atoms with Crippen molar-refractivity contribution in [3.63, 3.8) is 0 Å². The molecular weight excluding hydrogens is 262 g/mol. The van der Waals surface area contributed by atoms with Gasteiger partial charge in [0.2, 0.25) is 0 Å². The van der Waals surface area contributed by atoms with Crippen LogP contribution in [0.5, 0.6) is 5.75 Å². The van der Waals surface area contributed by atoms with E-state index in [1.54, 1.807) is 7.11 Å². The van der Waals surface area contributed by atoms with Crippen molar-refractivity contribution >= 4 is 0 Å². The van der Waals surface area contributed by atoms with E-state index in [9.17, 15) is 0 Å². The van der Waals surface area contributed by atoms with Crippen LogP contribution >= 0.6 is 0 Å². The minimum absolute atomic E-state index is 0.0428. The normalized spacial score (nSPS) is 26.0. The molecule has 3 nitrogen and oxygen atoms in total. The second kappa shape index (κ2) is 5.98. The summed E-state index contributed by atoms with van der Waals surface area (Å²) in [6, 6.07) is 6.34. The van der Waals surface area contributed by atoms with Crippen LogP contribution in [0.25, 0.3) is 0 Å². The zero-order valence-corrected chi connectivity index (χ0v) is 13.2. The molecule has 2 aliphatic rings. The van der Waals surface area contributed by atoms with E-state index in [2.05, 4.69) is 19.1 Å². The molecule has 0 aromatic heterocycles. The van der Waals surface area contributed by atoms with Gasteiger partial charge in [-0.1, -0.05) is 30.5 Å². The average Bonchev–Trinajstić information content (AvgIpc) is 2.94. The number of nitrogens with two attached hydrogens (primary N) is 1. The Bertz CT molecular complexity index is 494. The first-order valence-electron chi connectivity index (χ1n) is 8.18. The first-order chi connectivity index (χ1) is 10.1. The summed E-state index contributed by atoms with van der Waals surface area (Å²) in [5, 5.41) is 0. The van der Waals surface area contributed by atoms with Gasteiger partial charge in [0.25, 0.3) is 0 Å². The lowest BCUT2D eigenvalue weighted by Crippen LogP contribution is -2.40. The van der Waals surface area contributed by atoms with Gasteiger partial charge in [0, 0.05) is 18.2 Å². The Hall–Kier alpha value is -1.06. The van der Waals surface area contributed by atoms with E-state index in [1.807, 2.05) is 6.07 Å². The number of hydrogen-bond donors (Lipinski definition) is 1. The van der Waals surface area contributed by atoms with Crippen LogP contribution in [0.15, 0.2) is 18.2 Å². The quantitative estimate of drug-likeness (QED) is 0.922. The van der Waals surface area contributed by atoms with Gasteiger partial charge in [0.15, 0.2) is 0 Å². The molecule has 1 aliphatic heterocycles. The van der Waals surface area contributed by atoms with Gasteiger partial charge in [0.05, 0.1) is 12.7 Å². The van der Waals surface area contributed by atoms with Crippen LogP contribution in [0, 0.1) is 12.8 Å². The fourth-order valence-corrected chi connectivity index (χ4v) is 4.11. The molecule has 0 radical (unpaired) electrons. The molecule has 3 rings (SSSR count). The molecule has 2 atom stereocenters. The Morgan fingerprint density at radius 2 is 2.10 bits per heavy atom. The lowest BCUT2D eigenvalue weighted by atomic mass is 9.78. The van der Waals surface area contributed by atoms with Crippen LogP contribution in [-0.2, 0) is 4.74 Å². The maximum atomic E-state index is 6.63. The van der Waals surface area contributed by atoms with E-state index in [-0.39, 0.29) is 11.6 Å². The molecule has 2 fully saturated rings. The predicted molar refractivity (Wildman–Crippen MR) is 84.5 cm³/mol. The molecule has 1 spiro atoms. The molecule has 3 heteroatoms. The number of ether oxygens (including phenoxy) is 2. The van der Waals surface area contributed by atoms with E-state index in [4.69, 9.17) is 15.2 Å². The topological polar surface area (TPSA) is 44.5 Å². The maximum Gasteiger partial charge on any atom is 0.123 e. The highest BCUT2D eigenvalue weighted by atomic mass is 16.5. The summed E-state index contributed by atoms with van der Waals surface area (Å²) in [5.74, 6) is 1.41. The molecule has 2 unspecified atom stereocenters. The monoisotopic (exact) mass is 289 g/mol. The number of benzene rings is 1. The van der Waals surface area contributed by atoms with Crippen LogP contribution in [0.3, 0.4) is 0 Å². The Labute approximate surface area is 127 Å². The summed E-state index contributed by atoms with van der Waals surface area (Å²) < 4.78 is 11.7. The van der Waals surface area contributed by atoms with E-state index in [0.717, 1.165) is 30.8 Å². The van der Waals surface area contributed by atoms with Crippen LogP contribution in [0.4, 0.5) is 0 Å². The Balaban J connectivity index is 1.81. The van der Waals surface area contributed by atoms with Crippen LogP contribution in [0.2, 0.25) is 0 Å². The fourth-order valence-electron chi connectivity index (χ4n) is 4.11. The summed E-state index contributed by atoms with van der Waals surface area (Å²) in [5.41, 5.74) is 9.14. The van der Waals surface area contributed by atoms with Crippen molar-refractivity contribution in [2.24, 2.45) is 11.7 Å². The molecule has 1 aromatic rings. The number of rotatable bonds is 3. The minimum Gasteiger partial charge on any atom is -0.496 e. The smallest absolute Gasteiger partial charge is 0.123 e. The number of hydrogen-bond acceptors (Lipinski definition) is 3. The summed E-state index contributed by atoms with van der Waals surface area (Å²) in [4.78, 5) is 0. The van der Waals surface area contributed by atoms with Gasteiger partial charge in [-0.15, -0.1) is 0 Å². The largest absolute Gasteiger partial charge is 0.496 e. The van der Waals surface area contributed by atoms with E-state index >= 15 is 0 Å². The SMILES string of the molecule is COc1ccc(C)cc1C(N)C1CCOC2(CCCC2)C1. The molecular formula is C18H27NO2. The molecule has 1 heterocycles. The van der Waals surface area contributed by atoms with Crippen molar-refractivity contribution in [2.45, 2.75) is 57.1 Å². The summed E-state index contributed by atoms with van der Waals surface area (Å²) in [7, 11) is 1.73. The zero-order valence-electron chi connectivity index (χ0n) is 13.2. The maximum absolute atomic E-state index is 6.63. The third kappa shape index (κ3) is 2.95. The molecule has 0 amide bonds. The second-order valence-corrected chi connectivity index (χ2v) is 6.76.